The van der Waals surface area contributed by atoms with Crippen LogP contribution < -0.4 is 9.64 Å². The summed E-state index contributed by atoms with van der Waals surface area (Å²) in [5, 5.41) is 0. The minimum Gasteiger partial charge on any atom is -0.663 e. The Bertz CT molecular complexity index is 831. The average Bonchev–Trinajstić information content (AvgIpc) is 3.20. The number of allylic oxidation sites excluding steroid dienone is 2. The van der Waals surface area contributed by atoms with E-state index in [0.717, 1.165) is 12.2 Å². The van der Waals surface area contributed by atoms with Gasteiger partial charge in [0.25, 0.3) is 0 Å². The van der Waals surface area contributed by atoms with Crippen LogP contribution >= 0.6 is 0 Å². The molecule has 1 aliphatic heterocycles. The van der Waals surface area contributed by atoms with Gasteiger partial charge in [0.15, 0.2) is 0 Å². The van der Waals surface area contributed by atoms with Gasteiger partial charge in [0, 0.05) is 17.4 Å². The molecule has 2 aliphatic rings. The van der Waals surface area contributed by atoms with Crippen molar-refractivity contribution in [2.45, 2.75) is 51.7 Å². The third-order valence-corrected chi connectivity index (χ3v) is 5.82. The van der Waals surface area contributed by atoms with Crippen LogP contribution in [0.2, 0.25) is 13.1 Å². The number of fused-ring (bicyclic) bond motifs is 3. The fourth-order valence-corrected chi connectivity index (χ4v) is 5.23. The minimum absolute atomic E-state index is 0. The van der Waals surface area contributed by atoms with Crippen LogP contribution in [0, 0.1) is 6.42 Å². The van der Waals surface area contributed by atoms with Crippen molar-refractivity contribution < 1.29 is 26.5 Å². The zero-order valence-corrected chi connectivity index (χ0v) is 20.9. The molecular formula is C24H31N2OSiTi. The second kappa shape index (κ2) is 10.0. The van der Waals surface area contributed by atoms with E-state index in [4.69, 9.17) is 4.74 Å². The molecule has 0 N–H and O–H groups in total. The molecule has 4 rings (SSSR count). The number of methoxy groups -OCH3 is 1. The molecule has 1 atom stereocenters. The molecule has 1 aliphatic carbocycles. The normalized spacial score (nSPS) is 16.7. The van der Waals surface area contributed by atoms with Gasteiger partial charge in [-0.15, -0.1) is 17.7 Å². The van der Waals surface area contributed by atoms with Gasteiger partial charge in [-0.05, 0) is 23.8 Å². The molecule has 0 amide bonds. The maximum Gasteiger partial charge on any atom is 2.00 e. The van der Waals surface area contributed by atoms with E-state index in [1.807, 2.05) is 0 Å². The predicted molar refractivity (Wildman–Crippen MR) is 122 cm³/mol. The quantitative estimate of drug-likeness (QED) is 0.387. The third kappa shape index (κ3) is 5.79. The fourth-order valence-electron chi connectivity index (χ4n) is 3.89. The molecule has 5 heteroatoms. The van der Waals surface area contributed by atoms with Gasteiger partial charge < -0.3 is 14.6 Å². The zero-order chi connectivity index (χ0) is 20.3. The van der Waals surface area contributed by atoms with Gasteiger partial charge in [0.1, 0.15) is 5.75 Å². The summed E-state index contributed by atoms with van der Waals surface area (Å²) in [6.07, 6.45) is 5.62. The Labute approximate surface area is 193 Å². The summed E-state index contributed by atoms with van der Waals surface area (Å²) in [6.45, 7) is 10.8. The second-order valence-electron chi connectivity index (χ2n) is 8.44. The largest absolute Gasteiger partial charge is 2.00 e. The molecule has 2 aromatic carbocycles. The Morgan fingerprint density at radius 1 is 1.10 bits per heavy atom. The minimum atomic E-state index is -0.367. The molecule has 0 saturated carbocycles. The molecule has 0 bridgehead atoms. The zero-order valence-electron chi connectivity index (χ0n) is 18.4. The summed E-state index contributed by atoms with van der Waals surface area (Å²) < 4.78 is 5.39. The number of rotatable bonds is 3. The van der Waals surface area contributed by atoms with Crippen LogP contribution in [0.3, 0.4) is 0 Å². The molecule has 2 aromatic rings. The van der Waals surface area contributed by atoms with E-state index in [1.165, 1.54) is 22.6 Å². The van der Waals surface area contributed by atoms with E-state index in [-0.39, 0.29) is 36.2 Å². The summed E-state index contributed by atoms with van der Waals surface area (Å²) >= 11 is 0. The maximum absolute atomic E-state index is 5.39. The van der Waals surface area contributed by atoms with Crippen molar-refractivity contribution in [2.75, 3.05) is 12.0 Å². The van der Waals surface area contributed by atoms with Gasteiger partial charge in [-0.25, -0.2) is 12.5 Å². The Balaban J connectivity index is 0.000000289. The molecule has 0 spiro atoms. The number of benzene rings is 2. The number of hydrogen-bond acceptors (Lipinski definition) is 2. The Morgan fingerprint density at radius 3 is 2.34 bits per heavy atom. The topological polar surface area (TPSA) is 26.6 Å². The van der Waals surface area contributed by atoms with E-state index in [9.17, 15) is 0 Å². The number of hydrogen-bond donors (Lipinski definition) is 0. The third-order valence-electron chi connectivity index (χ3n) is 4.70. The van der Waals surface area contributed by atoms with E-state index in [1.54, 1.807) is 7.11 Å². The molecule has 1 heterocycles. The van der Waals surface area contributed by atoms with Gasteiger partial charge in [-0.1, -0.05) is 73.0 Å². The van der Waals surface area contributed by atoms with Crippen LogP contribution in [0.25, 0.3) is 4.98 Å². The molecule has 3 nitrogen and oxygen atoms in total. The smallest absolute Gasteiger partial charge is 0.663 e. The number of ether oxygens (including phenoxy) is 1. The Morgan fingerprint density at radius 2 is 1.79 bits per heavy atom. The van der Waals surface area contributed by atoms with E-state index in [2.05, 4.69) is 105 Å². The van der Waals surface area contributed by atoms with Gasteiger partial charge in [0.2, 0.25) is 0 Å². The average molecular weight is 439 g/mol. The first-order chi connectivity index (χ1) is 13.3. The molecule has 29 heavy (non-hydrogen) atoms. The van der Waals surface area contributed by atoms with Crippen molar-refractivity contribution >= 4 is 20.3 Å². The van der Waals surface area contributed by atoms with Gasteiger partial charge in [-0.3, -0.25) is 0 Å². The van der Waals surface area contributed by atoms with Gasteiger partial charge in [-0.2, -0.15) is 0 Å². The number of anilines is 2. The molecule has 0 aromatic heterocycles. The van der Waals surface area contributed by atoms with Crippen molar-refractivity contribution in [1.82, 2.24) is 0 Å². The van der Waals surface area contributed by atoms with Crippen molar-refractivity contribution in [1.29, 1.82) is 0 Å². The van der Waals surface area contributed by atoms with Crippen molar-refractivity contribution in [3.05, 3.63) is 77.3 Å². The predicted octanol–water partition coefficient (Wildman–Crippen LogP) is 6.83. The van der Waals surface area contributed by atoms with Crippen molar-refractivity contribution in [3.63, 3.8) is 0 Å². The van der Waals surface area contributed by atoms with Crippen LogP contribution in [0.15, 0.2) is 60.3 Å². The van der Waals surface area contributed by atoms with Crippen molar-refractivity contribution in [3.8, 4) is 5.75 Å². The summed E-state index contributed by atoms with van der Waals surface area (Å²) in [5.41, 5.74) is 5.43. The SMILES string of the molecule is COc1ccc2c(c1)N(c1ccccc1)C1=C[CH-]CC12.C[Si](C)[N-]C(C)(C)C.[Ti+2]. The van der Waals surface area contributed by atoms with E-state index < -0.39 is 0 Å². The van der Waals surface area contributed by atoms with E-state index in [0.29, 0.717) is 5.92 Å². The molecule has 0 fully saturated rings. The van der Waals surface area contributed by atoms with Crippen LogP contribution in [-0.2, 0) is 21.7 Å². The first kappa shape index (κ1) is 23.8. The molecule has 151 valence electrons. The van der Waals surface area contributed by atoms with E-state index >= 15 is 0 Å². The van der Waals surface area contributed by atoms with Gasteiger partial charge >= 0.3 is 21.7 Å². The van der Waals surface area contributed by atoms with Crippen LogP contribution in [-0.4, -0.2) is 21.6 Å². The first-order valence-electron chi connectivity index (χ1n) is 9.89. The van der Waals surface area contributed by atoms with Gasteiger partial charge in [0.05, 0.1) is 7.11 Å². The monoisotopic (exact) mass is 439 g/mol. The fraction of sp³-hybridized carbons (Fsp3) is 0.375. The Kier molecular flexibility index (Phi) is 8.24. The number of para-hydroxylation sites is 1. The standard InChI is InChI=1S/C18H16NO.C6H15NSi.Ti/c1-20-14-10-11-16-15-8-5-9-17(15)19(18(16)12-14)13-6-3-2-4-7-13;1-6(2,3)7-8(4)5;/h2-7,9-12,15H,8H2,1H3;1-5H3;/q2*-1;+2. The summed E-state index contributed by atoms with van der Waals surface area (Å²) in [7, 11) is 1.35. The van der Waals surface area contributed by atoms with Crippen LogP contribution in [0.1, 0.15) is 38.7 Å². The van der Waals surface area contributed by atoms with Crippen LogP contribution in [0.5, 0.6) is 5.75 Å². The first-order valence-corrected chi connectivity index (χ1v) is 12.3. The summed E-state index contributed by atoms with van der Waals surface area (Å²) in [6, 6.07) is 16.9. The molecule has 0 saturated heterocycles. The second-order valence-corrected chi connectivity index (χ2v) is 10.6. The van der Waals surface area contributed by atoms with Crippen molar-refractivity contribution in [2.24, 2.45) is 0 Å². The Hall–Kier alpha value is -1.46. The molecular weight excluding hydrogens is 408 g/mol. The van der Waals surface area contributed by atoms with Crippen LogP contribution in [0.4, 0.5) is 11.4 Å². The molecule has 1 unspecified atom stereocenters. The summed E-state index contributed by atoms with van der Waals surface area (Å²) in [4.78, 5) is 6.86. The summed E-state index contributed by atoms with van der Waals surface area (Å²) in [5.74, 6) is 1.41. The maximum atomic E-state index is 5.39. The molecule has 1 radical (unpaired) electrons. The number of nitrogens with zero attached hydrogens (tertiary/aromatic N) is 2.